The van der Waals surface area contributed by atoms with Crippen LogP contribution in [0.1, 0.15) is 0 Å². The summed E-state index contributed by atoms with van der Waals surface area (Å²) in [5, 5.41) is 4.38. The number of hydrogen-bond acceptors (Lipinski definition) is 6. The van der Waals surface area contributed by atoms with Crippen LogP contribution < -0.4 is 0 Å². The van der Waals surface area contributed by atoms with Crippen molar-refractivity contribution in [2.24, 2.45) is 0 Å². The molecule has 0 amide bonds. The van der Waals surface area contributed by atoms with Crippen molar-refractivity contribution in [3.8, 4) is 102 Å². The summed E-state index contributed by atoms with van der Waals surface area (Å²) < 4.78 is 0. The van der Waals surface area contributed by atoms with E-state index >= 15 is 0 Å². The average Bonchev–Trinajstić information content (AvgIpc) is 3.43. The number of aromatic nitrogens is 6. The van der Waals surface area contributed by atoms with Crippen LogP contribution >= 0.6 is 0 Å². The zero-order chi connectivity index (χ0) is 45.2. The minimum atomic E-state index is 0.575. The van der Waals surface area contributed by atoms with Gasteiger partial charge in [0.15, 0.2) is 34.9 Å². The predicted molar refractivity (Wildman–Crippen MR) is 277 cm³/mol. The quantitative estimate of drug-likeness (QED) is 0.144. The molecule has 0 atom stereocenters. The summed E-state index contributed by atoms with van der Waals surface area (Å²) >= 11 is 0. The highest BCUT2D eigenvalue weighted by molar-refractivity contribution is 6.06. The lowest BCUT2D eigenvalue weighted by Crippen LogP contribution is -2.03. The van der Waals surface area contributed by atoms with Gasteiger partial charge in [0, 0.05) is 38.9 Å². The van der Waals surface area contributed by atoms with Gasteiger partial charge in [-0.3, -0.25) is 0 Å². The van der Waals surface area contributed by atoms with E-state index in [1.54, 1.807) is 0 Å². The first-order valence-electron chi connectivity index (χ1n) is 22.7. The van der Waals surface area contributed by atoms with Crippen LogP contribution in [0.2, 0.25) is 0 Å². The molecule has 0 fully saturated rings. The van der Waals surface area contributed by atoms with Crippen LogP contribution in [0.25, 0.3) is 123 Å². The predicted octanol–water partition coefficient (Wildman–Crippen LogP) is 15.4. The SMILES string of the molecule is c1ccc(-c2nc(-c3ccccc3)nc(-c3ccc(-c4c(-c5nc(-c6ccccc6-c6ccccc6)nc(-c6ccc(-c7ccccc7)c7ccccc67)n5)ccc5ccccc45)cc3)n2)cc1. The molecule has 0 aliphatic carbocycles. The van der Waals surface area contributed by atoms with Gasteiger partial charge < -0.3 is 0 Å². The van der Waals surface area contributed by atoms with Gasteiger partial charge in [-0.2, -0.15) is 0 Å². The van der Waals surface area contributed by atoms with Gasteiger partial charge >= 0.3 is 0 Å². The molecule has 0 radical (unpaired) electrons. The third-order valence-electron chi connectivity index (χ3n) is 12.4. The molecule has 2 heterocycles. The van der Waals surface area contributed by atoms with E-state index in [2.05, 4.69) is 176 Å². The molecule has 0 spiro atoms. The molecular weight excluding hydrogens is 829 g/mol. The van der Waals surface area contributed by atoms with Gasteiger partial charge in [-0.15, -0.1) is 0 Å². The second-order valence-electron chi connectivity index (χ2n) is 16.6. The summed E-state index contributed by atoms with van der Waals surface area (Å²) in [4.78, 5) is 31.2. The average molecular weight is 869 g/mol. The van der Waals surface area contributed by atoms with Gasteiger partial charge in [-0.05, 0) is 61.5 Å². The Morgan fingerprint density at radius 3 is 1.10 bits per heavy atom. The Hall–Kier alpha value is -9.26. The van der Waals surface area contributed by atoms with Crippen molar-refractivity contribution >= 4 is 21.5 Å². The molecule has 0 aliphatic heterocycles. The number of fused-ring (bicyclic) bond motifs is 2. The molecular formula is C62H40N6. The molecule has 0 unspecified atom stereocenters. The maximum absolute atomic E-state index is 5.44. The summed E-state index contributed by atoms with van der Waals surface area (Å²) in [7, 11) is 0. The number of benzene rings is 10. The number of hydrogen-bond donors (Lipinski definition) is 0. The minimum Gasteiger partial charge on any atom is -0.208 e. The van der Waals surface area contributed by atoms with Crippen molar-refractivity contribution in [2.45, 2.75) is 0 Å². The first-order chi connectivity index (χ1) is 33.7. The molecule has 318 valence electrons. The van der Waals surface area contributed by atoms with Crippen LogP contribution in [0.5, 0.6) is 0 Å². The molecule has 0 saturated carbocycles. The lowest BCUT2D eigenvalue weighted by Gasteiger charge is -2.17. The zero-order valence-corrected chi connectivity index (χ0v) is 36.8. The molecule has 0 bridgehead atoms. The maximum atomic E-state index is 5.44. The van der Waals surface area contributed by atoms with Crippen LogP contribution in [0.15, 0.2) is 243 Å². The Kier molecular flexibility index (Phi) is 10.4. The second kappa shape index (κ2) is 17.6. The molecule has 12 aromatic rings. The Labute approximate surface area is 394 Å². The van der Waals surface area contributed by atoms with Crippen molar-refractivity contribution in [2.75, 3.05) is 0 Å². The summed E-state index contributed by atoms with van der Waals surface area (Å²) in [6, 6.07) is 83.6. The lowest BCUT2D eigenvalue weighted by atomic mass is 9.92. The van der Waals surface area contributed by atoms with Crippen molar-refractivity contribution in [1.29, 1.82) is 0 Å². The number of nitrogens with zero attached hydrogens (tertiary/aromatic N) is 6. The first kappa shape index (κ1) is 40.3. The summed E-state index contributed by atoms with van der Waals surface area (Å²) in [5.41, 5.74) is 11.9. The third kappa shape index (κ3) is 7.66. The Morgan fingerprint density at radius 2 is 0.529 bits per heavy atom. The van der Waals surface area contributed by atoms with Crippen LogP contribution in [0.4, 0.5) is 0 Å². The van der Waals surface area contributed by atoms with Crippen molar-refractivity contribution in [3.63, 3.8) is 0 Å². The van der Waals surface area contributed by atoms with E-state index in [9.17, 15) is 0 Å². The first-order valence-corrected chi connectivity index (χ1v) is 22.7. The Bertz CT molecular complexity index is 3710. The highest BCUT2D eigenvalue weighted by Gasteiger charge is 2.22. The van der Waals surface area contributed by atoms with E-state index in [0.29, 0.717) is 34.9 Å². The van der Waals surface area contributed by atoms with Gasteiger partial charge in [0.1, 0.15) is 0 Å². The van der Waals surface area contributed by atoms with E-state index in [0.717, 1.165) is 88.3 Å². The van der Waals surface area contributed by atoms with E-state index in [1.807, 2.05) is 66.7 Å². The molecule has 0 N–H and O–H groups in total. The van der Waals surface area contributed by atoms with Crippen molar-refractivity contribution in [3.05, 3.63) is 243 Å². The summed E-state index contributed by atoms with van der Waals surface area (Å²) in [6.45, 7) is 0. The molecule has 0 saturated heterocycles. The molecule has 10 aromatic carbocycles. The fraction of sp³-hybridized carbons (Fsp3) is 0. The smallest absolute Gasteiger partial charge is 0.164 e. The fourth-order valence-corrected chi connectivity index (χ4v) is 9.14. The largest absolute Gasteiger partial charge is 0.208 e. The van der Waals surface area contributed by atoms with Crippen LogP contribution in [0.3, 0.4) is 0 Å². The topological polar surface area (TPSA) is 77.3 Å². The zero-order valence-electron chi connectivity index (χ0n) is 36.8. The van der Waals surface area contributed by atoms with Crippen molar-refractivity contribution in [1.82, 2.24) is 29.9 Å². The summed E-state index contributed by atoms with van der Waals surface area (Å²) in [6.07, 6.45) is 0. The maximum Gasteiger partial charge on any atom is 0.164 e. The molecule has 68 heavy (non-hydrogen) atoms. The monoisotopic (exact) mass is 868 g/mol. The molecule has 0 aliphatic rings. The standard InChI is InChI=1S/C62H40N6/c1-5-19-41(20-6-1)48-28-15-18-32-53(48)60-66-61(54-40-39-49(42-21-7-2-8-22-42)51-30-16-17-31-52(51)54)68-62(67-60)55-38-37-43-23-13-14-29-50(43)56(55)44-33-35-47(36-34-44)59-64-57(45-24-9-3-10-25-45)63-58(65-59)46-26-11-4-12-27-46/h1-40H. The molecule has 6 nitrogen and oxygen atoms in total. The van der Waals surface area contributed by atoms with Gasteiger partial charge in [-0.1, -0.05) is 231 Å². The molecule has 12 rings (SSSR count). The Balaban J connectivity index is 1.05. The van der Waals surface area contributed by atoms with Crippen LogP contribution in [-0.4, -0.2) is 29.9 Å². The van der Waals surface area contributed by atoms with E-state index in [1.165, 1.54) is 0 Å². The van der Waals surface area contributed by atoms with Gasteiger partial charge in [-0.25, -0.2) is 29.9 Å². The molecule has 2 aromatic heterocycles. The van der Waals surface area contributed by atoms with E-state index < -0.39 is 0 Å². The molecule has 6 heteroatoms. The third-order valence-corrected chi connectivity index (χ3v) is 12.4. The van der Waals surface area contributed by atoms with Gasteiger partial charge in [0.25, 0.3) is 0 Å². The van der Waals surface area contributed by atoms with Crippen molar-refractivity contribution < 1.29 is 0 Å². The van der Waals surface area contributed by atoms with Gasteiger partial charge in [0.2, 0.25) is 0 Å². The fourth-order valence-electron chi connectivity index (χ4n) is 9.14. The highest BCUT2D eigenvalue weighted by Crippen LogP contribution is 2.41. The Morgan fingerprint density at radius 1 is 0.176 bits per heavy atom. The van der Waals surface area contributed by atoms with Crippen LogP contribution in [0, 0.1) is 0 Å². The normalized spacial score (nSPS) is 11.2. The van der Waals surface area contributed by atoms with E-state index in [-0.39, 0.29) is 0 Å². The summed E-state index contributed by atoms with van der Waals surface area (Å²) in [5.74, 6) is 3.59. The van der Waals surface area contributed by atoms with Gasteiger partial charge in [0.05, 0.1) is 0 Å². The number of rotatable bonds is 9. The second-order valence-corrected chi connectivity index (χ2v) is 16.6. The lowest BCUT2D eigenvalue weighted by molar-refractivity contribution is 1.07. The van der Waals surface area contributed by atoms with E-state index in [4.69, 9.17) is 29.9 Å². The van der Waals surface area contributed by atoms with Crippen LogP contribution in [-0.2, 0) is 0 Å². The minimum absolute atomic E-state index is 0.575. The highest BCUT2D eigenvalue weighted by atomic mass is 15.0.